The van der Waals surface area contributed by atoms with Gasteiger partial charge in [-0.2, -0.15) is 0 Å². The van der Waals surface area contributed by atoms with Crippen molar-refractivity contribution in [3.63, 3.8) is 0 Å². The molecule has 0 atom stereocenters. The molecular formula is C28H31N5O3S. The molecule has 1 aliphatic carbocycles. The van der Waals surface area contributed by atoms with Crippen LogP contribution >= 0.6 is 0 Å². The van der Waals surface area contributed by atoms with Crippen molar-refractivity contribution >= 4 is 32.7 Å². The second kappa shape index (κ2) is 10.3. The van der Waals surface area contributed by atoms with Crippen molar-refractivity contribution in [2.75, 3.05) is 12.4 Å². The average molecular weight is 518 g/mol. The van der Waals surface area contributed by atoms with Crippen molar-refractivity contribution in [1.82, 2.24) is 14.6 Å². The van der Waals surface area contributed by atoms with E-state index in [0.717, 1.165) is 53.9 Å². The zero-order valence-corrected chi connectivity index (χ0v) is 22.1. The summed E-state index contributed by atoms with van der Waals surface area (Å²) in [6, 6.07) is 19.3. The predicted molar refractivity (Wildman–Crippen MR) is 146 cm³/mol. The van der Waals surface area contributed by atoms with Crippen LogP contribution in [0.4, 0.5) is 11.6 Å². The van der Waals surface area contributed by atoms with Gasteiger partial charge < -0.3 is 10.2 Å². The molecule has 2 heterocycles. The number of nitrogens with zero attached hydrogens (tertiary/aromatic N) is 4. The Bertz CT molecular complexity index is 1530. The Morgan fingerprint density at radius 1 is 1.05 bits per heavy atom. The van der Waals surface area contributed by atoms with Gasteiger partial charge in [0.2, 0.25) is 5.95 Å². The van der Waals surface area contributed by atoms with Gasteiger partial charge in [0.1, 0.15) is 7.11 Å². The molecule has 0 aliphatic heterocycles. The summed E-state index contributed by atoms with van der Waals surface area (Å²) >= 11 is 0. The summed E-state index contributed by atoms with van der Waals surface area (Å²) in [7, 11) is -1.78. The Morgan fingerprint density at radius 2 is 1.81 bits per heavy atom. The molecule has 2 aromatic heterocycles. The minimum absolute atomic E-state index is 0.308. The van der Waals surface area contributed by atoms with E-state index in [1.165, 1.54) is 5.56 Å². The van der Waals surface area contributed by atoms with E-state index in [-0.39, 0.29) is 0 Å². The summed E-state index contributed by atoms with van der Waals surface area (Å²) in [5.41, 5.74) is 5.76. The largest absolute Gasteiger partial charge is 0.399 e. The zero-order chi connectivity index (χ0) is 26.0. The molecule has 0 radical (unpaired) electrons. The van der Waals surface area contributed by atoms with E-state index in [1.807, 2.05) is 18.2 Å². The first-order valence-corrected chi connectivity index (χ1v) is 14.0. The summed E-state index contributed by atoms with van der Waals surface area (Å²) in [6.07, 6.45) is 5.84. The third kappa shape index (κ3) is 5.22. The first kappa shape index (κ1) is 25.0. The normalized spacial score (nSPS) is 16.2. The van der Waals surface area contributed by atoms with Crippen LogP contribution < -0.4 is 5.32 Å². The third-order valence-electron chi connectivity index (χ3n) is 6.90. The molecule has 9 heteroatoms. The zero-order valence-electron chi connectivity index (χ0n) is 21.3. The van der Waals surface area contributed by atoms with E-state index in [4.69, 9.17) is 9.94 Å². The number of rotatable bonds is 7. The lowest BCUT2D eigenvalue weighted by Gasteiger charge is -2.23. The van der Waals surface area contributed by atoms with E-state index in [0.29, 0.717) is 16.8 Å². The number of anilines is 2. The molecule has 4 aromatic rings. The van der Waals surface area contributed by atoms with Crippen LogP contribution in [0.15, 0.2) is 76.9 Å². The van der Waals surface area contributed by atoms with Gasteiger partial charge in [-0.1, -0.05) is 29.4 Å². The van der Waals surface area contributed by atoms with Gasteiger partial charge in [0.25, 0.3) is 0 Å². The Hall–Kier alpha value is -3.72. The van der Waals surface area contributed by atoms with Crippen LogP contribution in [0.1, 0.15) is 51.0 Å². The van der Waals surface area contributed by atoms with E-state index in [9.17, 15) is 8.42 Å². The van der Waals surface area contributed by atoms with Gasteiger partial charge in [-0.3, -0.25) is 0 Å². The predicted octanol–water partition coefficient (Wildman–Crippen LogP) is 5.98. The fourth-order valence-corrected chi connectivity index (χ4v) is 5.86. The minimum Gasteiger partial charge on any atom is -0.399 e. The number of oxime groups is 1. The number of benzene rings is 2. The molecule has 0 bridgehead atoms. The molecule has 0 spiro atoms. The van der Waals surface area contributed by atoms with Gasteiger partial charge in [0.15, 0.2) is 9.84 Å². The number of sulfone groups is 1. The number of nitrogens with one attached hydrogen (secondary N) is 1. The fraction of sp³-hybridized carbons (Fsp3) is 0.321. The van der Waals surface area contributed by atoms with Gasteiger partial charge in [0.05, 0.1) is 33.3 Å². The topological polar surface area (TPSA) is 98.0 Å². The number of hydrogen-bond acceptors (Lipinski definition) is 7. The Balaban J connectivity index is 1.35. The van der Waals surface area contributed by atoms with Crippen LogP contribution in [-0.4, -0.2) is 41.1 Å². The average Bonchev–Trinajstić information content (AvgIpc) is 3.33. The maximum Gasteiger partial charge on any atom is 0.245 e. The molecule has 37 heavy (non-hydrogen) atoms. The quantitative estimate of drug-likeness (QED) is 0.303. The molecule has 0 saturated heterocycles. The third-order valence-corrected chi connectivity index (χ3v) is 9.05. The molecule has 8 nitrogen and oxygen atoms in total. The molecular weight excluding hydrogens is 486 g/mol. The Kier molecular flexibility index (Phi) is 6.97. The second-order valence-electron chi connectivity index (χ2n) is 9.62. The Morgan fingerprint density at radius 3 is 2.51 bits per heavy atom. The van der Waals surface area contributed by atoms with Crippen molar-refractivity contribution in [1.29, 1.82) is 0 Å². The number of aromatic nitrogens is 3. The minimum atomic E-state index is -3.38. The van der Waals surface area contributed by atoms with Gasteiger partial charge in [-0.15, -0.1) is 5.10 Å². The van der Waals surface area contributed by atoms with Gasteiger partial charge >= 0.3 is 0 Å². The van der Waals surface area contributed by atoms with Crippen LogP contribution in [0.2, 0.25) is 0 Å². The summed E-state index contributed by atoms with van der Waals surface area (Å²) in [6.45, 7) is 3.38. The molecule has 0 unspecified atom stereocenters. The van der Waals surface area contributed by atoms with Crippen molar-refractivity contribution in [2.45, 2.75) is 55.6 Å². The highest BCUT2D eigenvalue weighted by Gasteiger charge is 2.21. The van der Waals surface area contributed by atoms with Crippen LogP contribution in [0.3, 0.4) is 0 Å². The molecule has 1 saturated carbocycles. The highest BCUT2D eigenvalue weighted by Crippen LogP contribution is 2.33. The van der Waals surface area contributed by atoms with Crippen molar-refractivity contribution < 1.29 is 13.3 Å². The maximum atomic E-state index is 12.7. The van der Waals surface area contributed by atoms with Crippen molar-refractivity contribution in [3.05, 3.63) is 72.4 Å². The van der Waals surface area contributed by atoms with E-state index in [2.05, 4.69) is 39.7 Å². The molecule has 1 aliphatic rings. The van der Waals surface area contributed by atoms with E-state index >= 15 is 0 Å². The van der Waals surface area contributed by atoms with E-state index < -0.39 is 15.1 Å². The summed E-state index contributed by atoms with van der Waals surface area (Å²) in [5, 5.41) is 11.6. The van der Waals surface area contributed by atoms with Crippen LogP contribution in [0.5, 0.6) is 0 Å². The summed E-state index contributed by atoms with van der Waals surface area (Å²) in [5.74, 6) is 0.983. The molecule has 2 aromatic carbocycles. The Labute approximate surface area is 217 Å². The summed E-state index contributed by atoms with van der Waals surface area (Å²) in [4.78, 5) is 9.69. The van der Waals surface area contributed by atoms with Crippen LogP contribution in [0, 0.1) is 0 Å². The lowest BCUT2D eigenvalue weighted by molar-refractivity contribution is 0.210. The number of fused-ring (bicyclic) bond motifs is 1. The SMILES string of the molecule is CON=C1CCC(c2ccc(Nc3ncc4ccc(-c5cccc(S(=O)(=O)C(C)C)c5)n4n3)cc2)CC1. The molecule has 1 fully saturated rings. The van der Waals surface area contributed by atoms with Gasteiger partial charge in [-0.25, -0.2) is 17.9 Å². The van der Waals surface area contributed by atoms with Crippen molar-refractivity contribution in [2.24, 2.45) is 5.16 Å². The second-order valence-corrected chi connectivity index (χ2v) is 12.1. The lowest BCUT2D eigenvalue weighted by atomic mass is 9.83. The number of hydrogen-bond donors (Lipinski definition) is 1. The molecule has 1 N–H and O–H groups in total. The first-order chi connectivity index (χ1) is 17.8. The standard InChI is InChI=1S/C28H31N5O3S/c1-19(2)37(34,35)26-6-4-5-22(17-26)27-16-15-25-18-29-28(31-33(25)27)30-23-11-7-20(8-12-23)21-9-13-24(14-10-21)32-36-3/h4-8,11-12,15-19,21H,9-10,13-14H2,1-3H3,(H,30,31). The van der Waals surface area contributed by atoms with Crippen molar-refractivity contribution in [3.8, 4) is 11.3 Å². The lowest BCUT2D eigenvalue weighted by Crippen LogP contribution is -2.14. The van der Waals surface area contributed by atoms with Crippen LogP contribution in [-0.2, 0) is 14.7 Å². The monoisotopic (exact) mass is 517 g/mol. The summed E-state index contributed by atoms with van der Waals surface area (Å²) < 4.78 is 27.2. The first-order valence-electron chi connectivity index (χ1n) is 12.5. The fourth-order valence-electron chi connectivity index (χ4n) is 4.75. The highest BCUT2D eigenvalue weighted by molar-refractivity contribution is 7.92. The molecule has 5 rings (SSSR count). The van der Waals surface area contributed by atoms with Crippen LogP contribution in [0.25, 0.3) is 16.8 Å². The highest BCUT2D eigenvalue weighted by atomic mass is 32.2. The van der Waals surface area contributed by atoms with E-state index in [1.54, 1.807) is 49.9 Å². The molecule has 192 valence electrons. The maximum absolute atomic E-state index is 12.7. The van der Waals surface area contributed by atoms with Gasteiger partial charge in [-0.05, 0) is 87.4 Å². The smallest absolute Gasteiger partial charge is 0.245 e. The van der Waals surface area contributed by atoms with Gasteiger partial charge in [0, 0.05) is 11.3 Å². The molecule has 0 amide bonds.